The number of esters is 1. The smallest absolute Gasteiger partial charge is 0.307 e. The topological polar surface area (TPSA) is 72.5 Å². The van der Waals surface area contributed by atoms with Crippen molar-refractivity contribution in [2.75, 3.05) is 0 Å². The van der Waals surface area contributed by atoms with E-state index in [-0.39, 0.29) is 18.8 Å². The number of carbonyl (C=O) groups excluding carboxylic acids is 3. The summed E-state index contributed by atoms with van der Waals surface area (Å²) in [5.41, 5.74) is -0.167. The molecule has 1 aromatic rings. The zero-order valence-corrected chi connectivity index (χ0v) is 12.4. The molecule has 112 valence electrons. The summed E-state index contributed by atoms with van der Waals surface area (Å²) in [4.78, 5) is 35.9. The van der Waals surface area contributed by atoms with E-state index in [0.29, 0.717) is 5.56 Å². The Morgan fingerprint density at radius 1 is 1.33 bits per heavy atom. The molecule has 1 atom stereocenters. The minimum absolute atomic E-state index is 0.117. The Hall–Kier alpha value is -2.17. The molecule has 5 heteroatoms. The highest BCUT2D eigenvalue weighted by molar-refractivity contribution is 6.09. The molecule has 1 aliphatic heterocycles. The summed E-state index contributed by atoms with van der Waals surface area (Å²) in [7, 11) is 0. The number of ether oxygens (including phenoxy) is 1. The number of amides is 2. The Kier molecular flexibility index (Phi) is 4.11. The fourth-order valence-electron chi connectivity index (χ4n) is 2.53. The van der Waals surface area contributed by atoms with Crippen LogP contribution in [0.25, 0.3) is 0 Å². The Morgan fingerprint density at radius 3 is 2.52 bits per heavy atom. The first kappa shape index (κ1) is 15.2. The first-order valence-corrected chi connectivity index (χ1v) is 6.97. The van der Waals surface area contributed by atoms with Crippen molar-refractivity contribution in [2.45, 2.75) is 39.2 Å². The Balaban J connectivity index is 2.42. The maximum atomic E-state index is 12.3. The quantitative estimate of drug-likeness (QED) is 0.678. The van der Waals surface area contributed by atoms with E-state index < -0.39 is 23.4 Å². The standard InChI is InChI=1S/C16H19NO4/c1-10(2)8-14(19)21-16(9-13(18)17-15(16)20)12-7-5-4-6-11(12)3/h4-7,10H,8-9H2,1-3H3,(H,17,18,20). The zero-order chi connectivity index (χ0) is 15.6. The van der Waals surface area contributed by atoms with Gasteiger partial charge in [0.25, 0.3) is 5.91 Å². The van der Waals surface area contributed by atoms with Gasteiger partial charge in [-0.15, -0.1) is 0 Å². The third kappa shape index (κ3) is 2.96. The van der Waals surface area contributed by atoms with Crippen LogP contribution in [-0.4, -0.2) is 17.8 Å². The molecule has 0 bridgehead atoms. The highest BCUT2D eigenvalue weighted by Gasteiger charge is 2.52. The van der Waals surface area contributed by atoms with Gasteiger partial charge in [-0.25, -0.2) is 0 Å². The molecular weight excluding hydrogens is 270 g/mol. The van der Waals surface area contributed by atoms with Crippen LogP contribution in [0.5, 0.6) is 0 Å². The molecule has 21 heavy (non-hydrogen) atoms. The minimum Gasteiger partial charge on any atom is -0.443 e. The fourth-order valence-corrected chi connectivity index (χ4v) is 2.53. The number of imide groups is 1. The molecule has 1 aliphatic rings. The molecule has 1 fully saturated rings. The van der Waals surface area contributed by atoms with Crippen molar-refractivity contribution in [1.82, 2.24) is 5.32 Å². The molecular formula is C16H19NO4. The number of aryl methyl sites for hydroxylation is 1. The predicted octanol–water partition coefficient (Wildman–Crippen LogP) is 1.83. The second-order valence-corrected chi connectivity index (χ2v) is 5.77. The lowest BCUT2D eigenvalue weighted by molar-refractivity contribution is -0.168. The molecule has 1 aromatic carbocycles. The second-order valence-electron chi connectivity index (χ2n) is 5.77. The molecule has 0 saturated carbocycles. The molecule has 2 amide bonds. The van der Waals surface area contributed by atoms with Gasteiger partial charge in [0.1, 0.15) is 0 Å². The lowest BCUT2D eigenvalue weighted by atomic mass is 9.88. The summed E-state index contributed by atoms with van der Waals surface area (Å²) in [6.45, 7) is 5.60. The van der Waals surface area contributed by atoms with Crippen molar-refractivity contribution >= 4 is 17.8 Å². The monoisotopic (exact) mass is 289 g/mol. The van der Waals surface area contributed by atoms with Crippen LogP contribution in [0, 0.1) is 12.8 Å². The van der Waals surface area contributed by atoms with Crippen LogP contribution >= 0.6 is 0 Å². The Morgan fingerprint density at radius 2 is 2.00 bits per heavy atom. The van der Waals surface area contributed by atoms with Gasteiger partial charge in [-0.2, -0.15) is 0 Å². The molecule has 0 spiro atoms. The summed E-state index contributed by atoms with van der Waals surface area (Å²) in [5.74, 6) is -1.36. The molecule has 5 nitrogen and oxygen atoms in total. The average molecular weight is 289 g/mol. The molecule has 1 unspecified atom stereocenters. The summed E-state index contributed by atoms with van der Waals surface area (Å²) in [5, 5.41) is 2.24. The Bertz CT molecular complexity index is 594. The molecule has 0 aromatic heterocycles. The van der Waals surface area contributed by atoms with Crippen LogP contribution in [0.1, 0.15) is 37.8 Å². The zero-order valence-electron chi connectivity index (χ0n) is 12.4. The SMILES string of the molecule is Cc1ccccc1C1(OC(=O)CC(C)C)CC(=O)NC1=O. The van der Waals surface area contributed by atoms with Gasteiger partial charge in [0.05, 0.1) is 6.42 Å². The van der Waals surface area contributed by atoms with E-state index in [1.54, 1.807) is 12.1 Å². The van der Waals surface area contributed by atoms with Crippen molar-refractivity contribution in [2.24, 2.45) is 5.92 Å². The van der Waals surface area contributed by atoms with E-state index in [0.717, 1.165) is 5.56 Å². The van der Waals surface area contributed by atoms with Gasteiger partial charge in [0.15, 0.2) is 0 Å². The minimum atomic E-state index is -1.53. The lowest BCUT2D eigenvalue weighted by Gasteiger charge is -2.27. The van der Waals surface area contributed by atoms with Crippen LogP contribution < -0.4 is 5.32 Å². The van der Waals surface area contributed by atoms with E-state index in [9.17, 15) is 14.4 Å². The van der Waals surface area contributed by atoms with Crippen molar-refractivity contribution < 1.29 is 19.1 Å². The van der Waals surface area contributed by atoms with E-state index in [2.05, 4.69) is 5.32 Å². The number of carbonyl (C=O) groups is 3. The number of hydrogen-bond donors (Lipinski definition) is 1. The third-order valence-electron chi connectivity index (χ3n) is 3.47. The number of benzene rings is 1. The van der Waals surface area contributed by atoms with Crippen molar-refractivity contribution in [1.29, 1.82) is 0 Å². The van der Waals surface area contributed by atoms with Crippen molar-refractivity contribution in [3.63, 3.8) is 0 Å². The van der Waals surface area contributed by atoms with Crippen LogP contribution in [0.2, 0.25) is 0 Å². The maximum Gasteiger partial charge on any atom is 0.307 e. The van der Waals surface area contributed by atoms with Gasteiger partial charge in [-0.05, 0) is 18.4 Å². The van der Waals surface area contributed by atoms with Crippen molar-refractivity contribution in [3.8, 4) is 0 Å². The number of hydrogen-bond acceptors (Lipinski definition) is 4. The van der Waals surface area contributed by atoms with E-state index in [1.165, 1.54) is 0 Å². The highest BCUT2D eigenvalue weighted by Crippen LogP contribution is 2.36. The summed E-state index contributed by atoms with van der Waals surface area (Å²) >= 11 is 0. The van der Waals surface area contributed by atoms with E-state index in [1.807, 2.05) is 32.9 Å². The summed E-state index contributed by atoms with van der Waals surface area (Å²) < 4.78 is 5.49. The summed E-state index contributed by atoms with van der Waals surface area (Å²) in [6.07, 6.45) is 0.0373. The number of nitrogens with one attached hydrogen (secondary N) is 1. The molecule has 0 radical (unpaired) electrons. The van der Waals surface area contributed by atoms with Crippen LogP contribution in [0.15, 0.2) is 24.3 Å². The molecule has 2 rings (SSSR count). The van der Waals surface area contributed by atoms with Gasteiger partial charge in [0, 0.05) is 12.0 Å². The van der Waals surface area contributed by atoms with Gasteiger partial charge < -0.3 is 4.74 Å². The molecule has 1 saturated heterocycles. The normalized spacial score (nSPS) is 21.5. The van der Waals surface area contributed by atoms with Gasteiger partial charge in [-0.1, -0.05) is 38.1 Å². The van der Waals surface area contributed by atoms with Gasteiger partial charge >= 0.3 is 5.97 Å². The predicted molar refractivity (Wildman–Crippen MR) is 76.2 cm³/mol. The highest BCUT2D eigenvalue weighted by atomic mass is 16.6. The van der Waals surface area contributed by atoms with E-state index in [4.69, 9.17) is 4.74 Å². The van der Waals surface area contributed by atoms with Gasteiger partial charge in [0.2, 0.25) is 11.5 Å². The lowest BCUT2D eigenvalue weighted by Crippen LogP contribution is -2.40. The first-order chi connectivity index (χ1) is 9.85. The maximum absolute atomic E-state index is 12.3. The Labute approximate surface area is 123 Å². The molecule has 1 N–H and O–H groups in total. The fraction of sp³-hybridized carbons (Fsp3) is 0.438. The third-order valence-corrected chi connectivity index (χ3v) is 3.47. The average Bonchev–Trinajstić information content (AvgIpc) is 2.64. The molecule has 1 heterocycles. The number of rotatable bonds is 4. The van der Waals surface area contributed by atoms with Crippen LogP contribution in [-0.2, 0) is 24.7 Å². The van der Waals surface area contributed by atoms with Crippen LogP contribution in [0.3, 0.4) is 0 Å². The summed E-state index contributed by atoms with van der Waals surface area (Å²) in [6, 6.07) is 7.13. The first-order valence-electron chi connectivity index (χ1n) is 6.97. The van der Waals surface area contributed by atoms with E-state index >= 15 is 0 Å². The van der Waals surface area contributed by atoms with Gasteiger partial charge in [-0.3, -0.25) is 19.7 Å². The molecule has 0 aliphatic carbocycles. The van der Waals surface area contributed by atoms with Crippen molar-refractivity contribution in [3.05, 3.63) is 35.4 Å². The largest absolute Gasteiger partial charge is 0.443 e. The van der Waals surface area contributed by atoms with Crippen LogP contribution in [0.4, 0.5) is 0 Å². The second kappa shape index (κ2) is 5.68.